The molecule has 9 nitrogen and oxygen atoms in total. The number of hydrogen-bond acceptors (Lipinski definition) is 6. The summed E-state index contributed by atoms with van der Waals surface area (Å²) in [4.78, 5) is 16.6. The van der Waals surface area contributed by atoms with Crippen molar-refractivity contribution in [3.05, 3.63) is 78.4 Å². The summed E-state index contributed by atoms with van der Waals surface area (Å²) in [5, 5.41) is 20.1. The van der Waals surface area contributed by atoms with E-state index in [-0.39, 0.29) is 17.2 Å². The average Bonchev–Trinajstić information content (AvgIpc) is 3.29. The van der Waals surface area contributed by atoms with Gasteiger partial charge in [0.1, 0.15) is 35.5 Å². The number of hydrogen-bond donors (Lipinski definition) is 3. The quantitative estimate of drug-likeness (QED) is 0.333. The molecule has 0 unspecified atom stereocenters. The van der Waals surface area contributed by atoms with Crippen LogP contribution in [0.3, 0.4) is 0 Å². The largest absolute Gasteiger partial charge is 0.443 e. The predicted molar refractivity (Wildman–Crippen MR) is 134 cm³/mol. The van der Waals surface area contributed by atoms with Crippen molar-refractivity contribution in [2.75, 3.05) is 5.32 Å². The normalized spacial score (nSPS) is 13.9. The minimum Gasteiger partial charge on any atom is -0.443 e. The molecule has 0 saturated heterocycles. The number of nitrogens with one attached hydrogen (secondary N) is 2. The van der Waals surface area contributed by atoms with Crippen molar-refractivity contribution in [3.63, 3.8) is 0 Å². The van der Waals surface area contributed by atoms with Crippen LogP contribution in [0, 0.1) is 11.6 Å². The van der Waals surface area contributed by atoms with Crippen LogP contribution in [0.1, 0.15) is 33.3 Å². The van der Waals surface area contributed by atoms with Crippen molar-refractivity contribution in [1.29, 1.82) is 0 Å². The minimum absolute atomic E-state index is 0.0147. The second-order valence-electron chi connectivity index (χ2n) is 9.10. The van der Waals surface area contributed by atoms with E-state index in [9.17, 15) is 14.3 Å². The zero-order valence-electron chi connectivity index (χ0n) is 20.3. The Hall–Kier alpha value is -3.64. The molecule has 0 spiro atoms. The van der Waals surface area contributed by atoms with Gasteiger partial charge in [0, 0.05) is 17.3 Å². The molecule has 0 aliphatic carbocycles. The Balaban J connectivity index is 2.04. The standard InChI is InChI=1S/C24H28F2N6O3S/c1-16(24(34,13-31-15-27-14-28-31)19-11-10-17(25)12-20(19)26)32(30-22(33)35-23(2,3)4)21(36)29-18-8-6-5-7-9-18/h5-12,14-16,34H,13H2,1-4H3,(H,29,36)(H,30,33)/t16-,24-/m1/s1. The van der Waals surface area contributed by atoms with Crippen LogP contribution in [-0.4, -0.2) is 47.7 Å². The Morgan fingerprint density at radius 3 is 2.50 bits per heavy atom. The number of ether oxygens (including phenoxy) is 1. The zero-order chi connectivity index (χ0) is 26.5. The number of amides is 1. The molecule has 3 aromatic rings. The first kappa shape index (κ1) is 27.0. The number of aromatic nitrogens is 3. The highest BCUT2D eigenvalue weighted by Gasteiger charge is 2.44. The van der Waals surface area contributed by atoms with Gasteiger partial charge in [-0.3, -0.25) is 5.01 Å². The molecule has 12 heteroatoms. The average molecular weight is 519 g/mol. The highest BCUT2D eigenvalue weighted by Crippen LogP contribution is 2.32. The SMILES string of the molecule is C[C@@H](N(NC(=O)OC(C)(C)C)C(=S)Nc1ccccc1)[C@](O)(Cn1cncn1)c1ccc(F)cc1F. The molecular formula is C24H28F2N6O3S. The lowest BCUT2D eigenvalue weighted by Gasteiger charge is -2.42. The smallest absolute Gasteiger partial charge is 0.426 e. The first-order valence-electron chi connectivity index (χ1n) is 11.0. The van der Waals surface area contributed by atoms with Crippen LogP contribution in [0.25, 0.3) is 0 Å². The van der Waals surface area contributed by atoms with Crippen molar-refractivity contribution < 1.29 is 23.4 Å². The number of carbonyl (C=O) groups is 1. The van der Waals surface area contributed by atoms with E-state index in [4.69, 9.17) is 17.0 Å². The van der Waals surface area contributed by atoms with E-state index in [0.29, 0.717) is 11.8 Å². The van der Waals surface area contributed by atoms with Crippen molar-refractivity contribution in [2.24, 2.45) is 0 Å². The molecule has 1 aromatic heterocycles. The molecule has 0 saturated carbocycles. The fourth-order valence-corrected chi connectivity index (χ4v) is 3.81. The van der Waals surface area contributed by atoms with Gasteiger partial charge in [0.15, 0.2) is 5.11 Å². The molecule has 0 bridgehead atoms. The molecule has 3 rings (SSSR count). The molecule has 0 fully saturated rings. The lowest BCUT2D eigenvalue weighted by Crippen LogP contribution is -2.61. The Labute approximate surface area is 213 Å². The molecule has 192 valence electrons. The molecule has 2 aromatic carbocycles. The van der Waals surface area contributed by atoms with Gasteiger partial charge in [-0.05, 0) is 58.1 Å². The van der Waals surface area contributed by atoms with Gasteiger partial charge in [0.05, 0.1) is 12.6 Å². The van der Waals surface area contributed by atoms with E-state index in [1.54, 1.807) is 45.0 Å². The van der Waals surface area contributed by atoms with Gasteiger partial charge in [-0.25, -0.2) is 28.7 Å². The van der Waals surface area contributed by atoms with Gasteiger partial charge in [0.25, 0.3) is 0 Å². The molecule has 0 aliphatic rings. The minimum atomic E-state index is -2.08. The number of hydrazine groups is 1. The van der Waals surface area contributed by atoms with E-state index in [2.05, 4.69) is 20.8 Å². The summed E-state index contributed by atoms with van der Waals surface area (Å²) in [5.74, 6) is -1.79. The van der Waals surface area contributed by atoms with E-state index in [1.165, 1.54) is 24.3 Å². The monoisotopic (exact) mass is 518 g/mol. The van der Waals surface area contributed by atoms with Crippen molar-refractivity contribution in [1.82, 2.24) is 25.2 Å². The van der Waals surface area contributed by atoms with E-state index in [0.717, 1.165) is 17.1 Å². The lowest BCUT2D eigenvalue weighted by atomic mass is 9.86. The lowest BCUT2D eigenvalue weighted by molar-refractivity contribution is -0.0574. The first-order valence-corrected chi connectivity index (χ1v) is 11.4. The summed E-state index contributed by atoms with van der Waals surface area (Å²) < 4.78 is 35.4. The van der Waals surface area contributed by atoms with Gasteiger partial charge in [-0.2, -0.15) is 5.10 Å². The zero-order valence-corrected chi connectivity index (χ0v) is 21.1. The van der Waals surface area contributed by atoms with E-state index >= 15 is 4.39 Å². The van der Waals surface area contributed by atoms with Gasteiger partial charge in [-0.1, -0.05) is 24.3 Å². The number of thiocarbonyl (C=S) groups is 1. The molecule has 0 radical (unpaired) electrons. The molecule has 1 amide bonds. The van der Waals surface area contributed by atoms with E-state index in [1.807, 2.05) is 6.07 Å². The van der Waals surface area contributed by atoms with Gasteiger partial charge in [0.2, 0.25) is 0 Å². The van der Waals surface area contributed by atoms with Gasteiger partial charge in [-0.15, -0.1) is 0 Å². The third kappa shape index (κ3) is 6.73. The van der Waals surface area contributed by atoms with Gasteiger partial charge >= 0.3 is 6.09 Å². The van der Waals surface area contributed by atoms with Crippen LogP contribution < -0.4 is 10.7 Å². The third-order valence-corrected chi connectivity index (χ3v) is 5.50. The molecule has 0 aliphatic heterocycles. The predicted octanol–water partition coefficient (Wildman–Crippen LogP) is 3.97. The fourth-order valence-electron chi connectivity index (χ4n) is 3.49. The second-order valence-corrected chi connectivity index (χ2v) is 9.48. The summed E-state index contributed by atoms with van der Waals surface area (Å²) in [6.07, 6.45) is 1.74. The first-order chi connectivity index (χ1) is 16.9. The summed E-state index contributed by atoms with van der Waals surface area (Å²) >= 11 is 5.56. The number of aliphatic hydroxyl groups is 1. The molecule has 36 heavy (non-hydrogen) atoms. The van der Waals surface area contributed by atoms with Crippen LogP contribution in [0.15, 0.2) is 61.2 Å². The second kappa shape index (κ2) is 11.0. The van der Waals surface area contributed by atoms with Crippen LogP contribution in [-0.2, 0) is 16.9 Å². The van der Waals surface area contributed by atoms with Crippen molar-refractivity contribution in [2.45, 2.75) is 51.5 Å². The van der Waals surface area contributed by atoms with Gasteiger partial charge < -0.3 is 15.2 Å². The van der Waals surface area contributed by atoms with E-state index < -0.39 is 35.0 Å². The maximum atomic E-state index is 15.0. The molecule has 1 heterocycles. The summed E-state index contributed by atoms with van der Waals surface area (Å²) in [7, 11) is 0. The maximum absolute atomic E-state index is 15.0. The van der Waals surface area contributed by atoms with Crippen molar-refractivity contribution in [3.8, 4) is 0 Å². The number of benzene rings is 2. The Morgan fingerprint density at radius 2 is 1.92 bits per heavy atom. The highest BCUT2D eigenvalue weighted by molar-refractivity contribution is 7.80. The van der Waals surface area contributed by atoms with Crippen molar-refractivity contribution >= 4 is 29.1 Å². The number of para-hydroxylation sites is 1. The topological polar surface area (TPSA) is 105 Å². The third-order valence-electron chi connectivity index (χ3n) is 5.20. The van der Waals surface area contributed by atoms with Crippen LogP contribution in [0.5, 0.6) is 0 Å². The van der Waals surface area contributed by atoms with Crippen LogP contribution >= 0.6 is 12.2 Å². The highest BCUT2D eigenvalue weighted by atomic mass is 32.1. The maximum Gasteiger partial charge on any atom is 0.426 e. The Morgan fingerprint density at radius 1 is 1.22 bits per heavy atom. The number of halogens is 2. The Kier molecular flexibility index (Phi) is 8.21. The number of rotatable bonds is 6. The number of carbonyl (C=O) groups excluding carboxylic acids is 1. The molecule has 2 atom stereocenters. The summed E-state index contributed by atoms with van der Waals surface area (Å²) in [6, 6.07) is 10.6. The summed E-state index contributed by atoms with van der Waals surface area (Å²) in [6.45, 7) is 6.30. The molecule has 3 N–H and O–H groups in total. The van der Waals surface area contributed by atoms with Crippen LogP contribution in [0.4, 0.5) is 19.3 Å². The number of nitrogens with zero attached hydrogens (tertiary/aromatic N) is 4. The van der Waals surface area contributed by atoms with Crippen LogP contribution in [0.2, 0.25) is 0 Å². The Bertz CT molecular complexity index is 1190. The number of anilines is 1. The molecular weight excluding hydrogens is 490 g/mol. The summed E-state index contributed by atoms with van der Waals surface area (Å²) in [5.41, 5.74) is 0.0182. The fraction of sp³-hybridized carbons (Fsp3) is 0.333.